The van der Waals surface area contributed by atoms with Crippen LogP contribution in [0.5, 0.6) is 0 Å². The van der Waals surface area contributed by atoms with E-state index >= 15 is 0 Å². The first-order chi connectivity index (χ1) is 8.19. The van der Waals surface area contributed by atoms with Gasteiger partial charge in [0, 0.05) is 15.6 Å². The SMILES string of the molecule is N#Cc1cc(F)ccc1Sc1ccc(Br)cn1. The van der Waals surface area contributed by atoms with Crippen molar-refractivity contribution < 1.29 is 4.39 Å². The van der Waals surface area contributed by atoms with Gasteiger partial charge >= 0.3 is 0 Å². The topological polar surface area (TPSA) is 36.7 Å². The molecule has 0 unspecified atom stereocenters. The Morgan fingerprint density at radius 3 is 2.76 bits per heavy atom. The van der Waals surface area contributed by atoms with Gasteiger partial charge in [-0.1, -0.05) is 11.8 Å². The number of rotatable bonds is 2. The number of aromatic nitrogens is 1. The highest BCUT2D eigenvalue weighted by atomic mass is 79.9. The molecule has 2 rings (SSSR count). The molecule has 84 valence electrons. The molecular formula is C12H6BrFN2S. The van der Waals surface area contributed by atoms with Crippen molar-refractivity contribution in [1.82, 2.24) is 4.98 Å². The molecule has 0 bridgehead atoms. The van der Waals surface area contributed by atoms with Crippen molar-refractivity contribution in [2.45, 2.75) is 9.92 Å². The van der Waals surface area contributed by atoms with Crippen LogP contribution in [0.15, 0.2) is 50.9 Å². The first-order valence-electron chi connectivity index (χ1n) is 4.68. The largest absolute Gasteiger partial charge is 0.248 e. The third kappa shape index (κ3) is 3.05. The minimum Gasteiger partial charge on any atom is -0.248 e. The van der Waals surface area contributed by atoms with Gasteiger partial charge in [0.05, 0.1) is 5.56 Å². The zero-order chi connectivity index (χ0) is 12.3. The Kier molecular flexibility index (Phi) is 3.77. The molecule has 2 nitrogen and oxygen atoms in total. The molecule has 0 aliphatic heterocycles. The van der Waals surface area contributed by atoms with Crippen molar-refractivity contribution in [3.8, 4) is 6.07 Å². The van der Waals surface area contributed by atoms with Crippen LogP contribution >= 0.6 is 27.7 Å². The fourth-order valence-corrected chi connectivity index (χ4v) is 2.27. The van der Waals surface area contributed by atoms with Crippen molar-refractivity contribution in [3.63, 3.8) is 0 Å². The first kappa shape index (κ1) is 12.1. The molecule has 0 aliphatic rings. The number of hydrogen-bond donors (Lipinski definition) is 0. The molecule has 0 radical (unpaired) electrons. The normalized spacial score (nSPS) is 9.94. The van der Waals surface area contributed by atoms with E-state index in [1.807, 2.05) is 18.2 Å². The number of nitrogens with zero attached hydrogens (tertiary/aromatic N) is 2. The van der Waals surface area contributed by atoms with Crippen LogP contribution < -0.4 is 0 Å². The minimum absolute atomic E-state index is 0.319. The summed E-state index contributed by atoms with van der Waals surface area (Å²) in [5, 5.41) is 9.67. The van der Waals surface area contributed by atoms with Crippen LogP contribution in [0.3, 0.4) is 0 Å². The molecule has 2 aromatic rings. The van der Waals surface area contributed by atoms with E-state index in [9.17, 15) is 4.39 Å². The van der Waals surface area contributed by atoms with Gasteiger partial charge < -0.3 is 0 Å². The third-order valence-corrected chi connectivity index (χ3v) is 3.47. The van der Waals surface area contributed by atoms with E-state index < -0.39 is 5.82 Å². The molecule has 0 spiro atoms. The van der Waals surface area contributed by atoms with Gasteiger partial charge in [-0.15, -0.1) is 0 Å². The van der Waals surface area contributed by atoms with E-state index in [0.29, 0.717) is 10.5 Å². The lowest BCUT2D eigenvalue weighted by Crippen LogP contribution is -1.85. The summed E-state index contributed by atoms with van der Waals surface area (Å²) in [6, 6.07) is 9.81. The molecule has 1 aromatic heterocycles. The predicted molar refractivity (Wildman–Crippen MR) is 67.2 cm³/mol. The minimum atomic E-state index is -0.408. The second-order valence-corrected chi connectivity index (χ2v) is 5.15. The molecule has 0 N–H and O–H groups in total. The molecule has 1 heterocycles. The maximum atomic E-state index is 12.9. The zero-order valence-corrected chi connectivity index (χ0v) is 10.9. The van der Waals surface area contributed by atoms with Gasteiger partial charge in [0.25, 0.3) is 0 Å². The van der Waals surface area contributed by atoms with Gasteiger partial charge in [-0.25, -0.2) is 9.37 Å². The van der Waals surface area contributed by atoms with Crippen molar-refractivity contribution >= 4 is 27.7 Å². The predicted octanol–water partition coefficient (Wildman–Crippen LogP) is 4.01. The molecule has 0 fully saturated rings. The molecular weight excluding hydrogens is 303 g/mol. The van der Waals surface area contributed by atoms with Gasteiger partial charge in [0.1, 0.15) is 16.9 Å². The fraction of sp³-hybridized carbons (Fsp3) is 0. The van der Waals surface area contributed by atoms with E-state index in [1.54, 1.807) is 12.3 Å². The molecule has 0 amide bonds. The highest BCUT2D eigenvalue weighted by molar-refractivity contribution is 9.10. The highest BCUT2D eigenvalue weighted by Gasteiger charge is 2.06. The lowest BCUT2D eigenvalue weighted by molar-refractivity contribution is 0.626. The summed E-state index contributed by atoms with van der Waals surface area (Å²) in [6.07, 6.45) is 1.68. The van der Waals surface area contributed by atoms with E-state index in [-0.39, 0.29) is 0 Å². The van der Waals surface area contributed by atoms with Crippen LogP contribution in [0.1, 0.15) is 5.56 Å². The number of pyridine rings is 1. The van der Waals surface area contributed by atoms with Gasteiger partial charge in [-0.2, -0.15) is 5.26 Å². The fourth-order valence-electron chi connectivity index (χ4n) is 1.21. The lowest BCUT2D eigenvalue weighted by Gasteiger charge is -2.03. The summed E-state index contributed by atoms with van der Waals surface area (Å²) in [5.74, 6) is -0.408. The average Bonchev–Trinajstić information content (AvgIpc) is 2.34. The summed E-state index contributed by atoms with van der Waals surface area (Å²) >= 11 is 4.63. The monoisotopic (exact) mass is 308 g/mol. The molecule has 5 heteroatoms. The Morgan fingerprint density at radius 1 is 1.29 bits per heavy atom. The molecule has 0 aliphatic carbocycles. The Balaban J connectivity index is 2.30. The zero-order valence-electron chi connectivity index (χ0n) is 8.52. The van der Waals surface area contributed by atoms with Crippen LogP contribution in [0, 0.1) is 17.1 Å². The van der Waals surface area contributed by atoms with Crippen molar-refractivity contribution in [2.75, 3.05) is 0 Å². The average molecular weight is 309 g/mol. The van der Waals surface area contributed by atoms with Crippen LogP contribution in [-0.2, 0) is 0 Å². The van der Waals surface area contributed by atoms with Gasteiger partial charge in [0.15, 0.2) is 0 Å². The van der Waals surface area contributed by atoms with Crippen LogP contribution in [-0.4, -0.2) is 4.98 Å². The van der Waals surface area contributed by atoms with E-state index in [2.05, 4.69) is 20.9 Å². The second-order valence-electron chi connectivity index (χ2n) is 3.17. The van der Waals surface area contributed by atoms with Crippen molar-refractivity contribution in [1.29, 1.82) is 5.26 Å². The van der Waals surface area contributed by atoms with Crippen LogP contribution in [0.4, 0.5) is 4.39 Å². The molecule has 17 heavy (non-hydrogen) atoms. The molecule has 1 aromatic carbocycles. The molecule has 0 saturated heterocycles. The summed E-state index contributed by atoms with van der Waals surface area (Å²) < 4.78 is 13.8. The quantitative estimate of drug-likeness (QED) is 0.841. The van der Waals surface area contributed by atoms with Crippen LogP contribution in [0.2, 0.25) is 0 Å². The number of benzene rings is 1. The van der Waals surface area contributed by atoms with Crippen molar-refractivity contribution in [3.05, 3.63) is 52.4 Å². The van der Waals surface area contributed by atoms with Gasteiger partial charge in [-0.05, 0) is 46.3 Å². The van der Waals surface area contributed by atoms with E-state index in [0.717, 1.165) is 9.50 Å². The van der Waals surface area contributed by atoms with E-state index in [4.69, 9.17) is 5.26 Å². The Morgan fingerprint density at radius 2 is 2.12 bits per heavy atom. The maximum absolute atomic E-state index is 12.9. The lowest BCUT2D eigenvalue weighted by atomic mass is 10.2. The van der Waals surface area contributed by atoms with Gasteiger partial charge in [0.2, 0.25) is 0 Å². The van der Waals surface area contributed by atoms with Gasteiger partial charge in [-0.3, -0.25) is 0 Å². The highest BCUT2D eigenvalue weighted by Crippen LogP contribution is 2.29. The molecule has 0 atom stereocenters. The Hall–Kier alpha value is -1.38. The standard InChI is InChI=1S/C12H6BrFN2S/c13-9-1-4-12(16-7-9)17-11-3-2-10(14)5-8(11)6-15/h1-5,7H. The summed E-state index contributed by atoms with van der Waals surface area (Å²) in [7, 11) is 0. The summed E-state index contributed by atoms with van der Waals surface area (Å²) in [6.45, 7) is 0. The number of hydrogen-bond acceptors (Lipinski definition) is 3. The molecule has 0 saturated carbocycles. The van der Waals surface area contributed by atoms with Crippen molar-refractivity contribution in [2.24, 2.45) is 0 Å². The van der Waals surface area contributed by atoms with E-state index in [1.165, 1.54) is 23.9 Å². The third-order valence-electron chi connectivity index (χ3n) is 1.98. The Bertz CT molecular complexity index is 578. The summed E-state index contributed by atoms with van der Waals surface area (Å²) in [5.41, 5.74) is 0.319. The van der Waals surface area contributed by atoms with Crippen LogP contribution in [0.25, 0.3) is 0 Å². The summed E-state index contributed by atoms with van der Waals surface area (Å²) in [4.78, 5) is 4.88. The second kappa shape index (κ2) is 5.30. The number of nitriles is 1. The Labute approximate surface area is 111 Å². The first-order valence-corrected chi connectivity index (χ1v) is 6.29. The smallest absolute Gasteiger partial charge is 0.124 e. The maximum Gasteiger partial charge on any atom is 0.124 e. The number of halogens is 2.